The van der Waals surface area contributed by atoms with E-state index in [2.05, 4.69) is 21.2 Å². The minimum Gasteiger partial charge on any atom is -0.481 e. The number of carboxylic acid groups (broad SMARTS) is 1. The summed E-state index contributed by atoms with van der Waals surface area (Å²) in [6.45, 7) is 0.755. The van der Waals surface area contributed by atoms with E-state index in [-0.39, 0.29) is 25.3 Å². The highest BCUT2D eigenvalue weighted by Crippen LogP contribution is 2.20. The van der Waals surface area contributed by atoms with E-state index in [1.165, 1.54) is 17.0 Å². The second-order valence-corrected chi connectivity index (χ2v) is 5.51. The maximum absolute atomic E-state index is 13.7. The summed E-state index contributed by atoms with van der Waals surface area (Å²) in [6, 6.07) is 3.84. The van der Waals surface area contributed by atoms with Crippen LogP contribution in [0.1, 0.15) is 6.42 Å². The second-order valence-electron chi connectivity index (χ2n) is 4.59. The molecule has 0 aromatic heterocycles. The van der Waals surface area contributed by atoms with E-state index in [0.717, 1.165) is 0 Å². The Morgan fingerprint density at radius 3 is 2.95 bits per heavy atom. The molecule has 0 bridgehead atoms. The number of amides is 2. The Hall–Kier alpha value is -1.67. The molecule has 1 aliphatic heterocycles. The van der Waals surface area contributed by atoms with Crippen molar-refractivity contribution in [3.8, 4) is 0 Å². The van der Waals surface area contributed by atoms with Crippen molar-refractivity contribution in [1.29, 1.82) is 0 Å². The number of halogens is 2. The lowest BCUT2D eigenvalue weighted by molar-refractivity contribution is -0.141. The highest BCUT2D eigenvalue weighted by atomic mass is 79.9. The third-order valence-electron chi connectivity index (χ3n) is 3.00. The molecule has 2 N–H and O–H groups in total. The Morgan fingerprint density at radius 2 is 2.29 bits per heavy atom. The van der Waals surface area contributed by atoms with Crippen molar-refractivity contribution >= 4 is 33.6 Å². The van der Waals surface area contributed by atoms with Gasteiger partial charge in [-0.25, -0.2) is 9.18 Å². The van der Waals surface area contributed by atoms with Crippen LogP contribution >= 0.6 is 15.9 Å². The Kier molecular flexibility index (Phi) is 5.13. The molecule has 0 saturated carbocycles. The SMILES string of the molecule is O=C(O)CC1CN(C(=O)Nc2ccc(Br)cc2F)CCO1. The number of carbonyl (C=O) groups is 2. The third kappa shape index (κ3) is 4.40. The van der Waals surface area contributed by atoms with Gasteiger partial charge in [0.1, 0.15) is 5.82 Å². The molecule has 1 aliphatic rings. The van der Waals surface area contributed by atoms with Crippen LogP contribution in [0.4, 0.5) is 14.9 Å². The van der Waals surface area contributed by atoms with E-state index >= 15 is 0 Å². The molecule has 1 heterocycles. The van der Waals surface area contributed by atoms with Gasteiger partial charge in [0.05, 0.1) is 24.8 Å². The number of urea groups is 1. The fourth-order valence-corrected chi connectivity index (χ4v) is 2.34. The average molecular weight is 361 g/mol. The summed E-state index contributed by atoms with van der Waals surface area (Å²) in [5.74, 6) is -1.53. The molecule has 1 saturated heterocycles. The predicted octanol–water partition coefficient (Wildman–Crippen LogP) is 2.30. The minimum atomic E-state index is -0.985. The molecule has 1 fully saturated rings. The standard InChI is InChI=1S/C13H14BrFN2O4/c14-8-1-2-11(10(15)5-8)16-13(20)17-3-4-21-9(7-17)6-12(18)19/h1-2,5,9H,3-4,6-7H2,(H,16,20)(H,18,19). The number of hydrogen-bond donors (Lipinski definition) is 2. The summed E-state index contributed by atoms with van der Waals surface area (Å²) < 4.78 is 19.5. The number of nitrogens with one attached hydrogen (secondary N) is 1. The molecule has 1 aromatic rings. The fourth-order valence-electron chi connectivity index (χ4n) is 2.01. The molecule has 0 spiro atoms. The van der Waals surface area contributed by atoms with E-state index in [4.69, 9.17) is 9.84 Å². The summed E-state index contributed by atoms with van der Waals surface area (Å²) in [5.41, 5.74) is 0.0736. The Morgan fingerprint density at radius 1 is 1.52 bits per heavy atom. The average Bonchev–Trinajstić information content (AvgIpc) is 2.41. The van der Waals surface area contributed by atoms with E-state index in [9.17, 15) is 14.0 Å². The van der Waals surface area contributed by atoms with Gasteiger partial charge in [0.15, 0.2) is 0 Å². The largest absolute Gasteiger partial charge is 0.481 e. The Balaban J connectivity index is 1.97. The smallest absolute Gasteiger partial charge is 0.322 e. The van der Waals surface area contributed by atoms with Gasteiger partial charge < -0.3 is 20.1 Å². The monoisotopic (exact) mass is 360 g/mol. The molecular formula is C13H14BrFN2O4. The zero-order chi connectivity index (χ0) is 15.4. The number of nitrogens with zero attached hydrogens (tertiary/aromatic N) is 1. The topological polar surface area (TPSA) is 78.9 Å². The highest BCUT2D eigenvalue weighted by molar-refractivity contribution is 9.10. The number of aliphatic carboxylic acids is 1. The van der Waals surface area contributed by atoms with Crippen LogP contribution in [-0.2, 0) is 9.53 Å². The molecule has 21 heavy (non-hydrogen) atoms. The lowest BCUT2D eigenvalue weighted by atomic mass is 10.2. The first kappa shape index (κ1) is 15.7. The van der Waals surface area contributed by atoms with Crippen molar-refractivity contribution in [2.45, 2.75) is 12.5 Å². The van der Waals surface area contributed by atoms with E-state index < -0.39 is 23.9 Å². The second kappa shape index (κ2) is 6.86. The van der Waals surface area contributed by atoms with Gasteiger partial charge in [0.25, 0.3) is 0 Å². The van der Waals surface area contributed by atoms with E-state index in [0.29, 0.717) is 11.0 Å². The van der Waals surface area contributed by atoms with Gasteiger partial charge in [-0.2, -0.15) is 0 Å². The van der Waals surface area contributed by atoms with Gasteiger partial charge in [0, 0.05) is 17.6 Å². The maximum Gasteiger partial charge on any atom is 0.322 e. The zero-order valence-corrected chi connectivity index (χ0v) is 12.6. The first-order valence-electron chi connectivity index (χ1n) is 6.30. The van der Waals surface area contributed by atoms with Crippen molar-refractivity contribution in [3.63, 3.8) is 0 Å². The van der Waals surface area contributed by atoms with E-state index in [1.807, 2.05) is 0 Å². The number of carboxylic acids is 1. The zero-order valence-electron chi connectivity index (χ0n) is 11.0. The van der Waals surface area contributed by atoms with Gasteiger partial charge in [-0.15, -0.1) is 0 Å². The van der Waals surface area contributed by atoms with Crippen LogP contribution in [0, 0.1) is 5.82 Å². The van der Waals surface area contributed by atoms with Crippen LogP contribution in [-0.4, -0.2) is 47.8 Å². The van der Waals surface area contributed by atoms with Gasteiger partial charge in [-0.3, -0.25) is 4.79 Å². The van der Waals surface area contributed by atoms with Gasteiger partial charge >= 0.3 is 12.0 Å². The van der Waals surface area contributed by atoms with Crippen molar-refractivity contribution in [2.75, 3.05) is 25.0 Å². The lowest BCUT2D eigenvalue weighted by Crippen LogP contribution is -2.48. The summed E-state index contributed by atoms with van der Waals surface area (Å²) in [4.78, 5) is 24.1. The van der Waals surface area contributed by atoms with Crippen LogP contribution < -0.4 is 5.32 Å². The van der Waals surface area contributed by atoms with Crippen LogP contribution in [0.15, 0.2) is 22.7 Å². The van der Waals surface area contributed by atoms with Gasteiger partial charge in [0.2, 0.25) is 0 Å². The summed E-state index contributed by atoms with van der Waals surface area (Å²) in [7, 11) is 0. The summed E-state index contributed by atoms with van der Waals surface area (Å²) in [5, 5.41) is 11.2. The predicted molar refractivity (Wildman–Crippen MR) is 76.7 cm³/mol. The molecule has 1 unspecified atom stereocenters. The first-order valence-corrected chi connectivity index (χ1v) is 7.09. The van der Waals surface area contributed by atoms with Gasteiger partial charge in [-0.05, 0) is 18.2 Å². The van der Waals surface area contributed by atoms with Crippen molar-refractivity contribution in [2.24, 2.45) is 0 Å². The number of benzene rings is 1. The molecule has 0 radical (unpaired) electrons. The molecule has 8 heteroatoms. The molecule has 2 rings (SSSR count). The number of morpholine rings is 1. The lowest BCUT2D eigenvalue weighted by Gasteiger charge is -2.32. The third-order valence-corrected chi connectivity index (χ3v) is 3.49. The molecular weight excluding hydrogens is 347 g/mol. The quantitative estimate of drug-likeness (QED) is 0.866. The molecule has 6 nitrogen and oxygen atoms in total. The van der Waals surface area contributed by atoms with Crippen molar-refractivity contribution < 1.29 is 23.8 Å². The highest BCUT2D eigenvalue weighted by Gasteiger charge is 2.26. The summed E-state index contributed by atoms with van der Waals surface area (Å²) in [6.07, 6.45) is -0.715. The van der Waals surface area contributed by atoms with Gasteiger partial charge in [-0.1, -0.05) is 15.9 Å². The van der Waals surface area contributed by atoms with Crippen molar-refractivity contribution in [3.05, 3.63) is 28.5 Å². The van der Waals surface area contributed by atoms with Crippen LogP contribution in [0.2, 0.25) is 0 Å². The number of hydrogen-bond acceptors (Lipinski definition) is 3. The van der Waals surface area contributed by atoms with E-state index in [1.54, 1.807) is 6.07 Å². The first-order chi connectivity index (χ1) is 9.95. The summed E-state index contributed by atoms with van der Waals surface area (Å²) >= 11 is 3.13. The van der Waals surface area contributed by atoms with Crippen LogP contribution in [0.3, 0.4) is 0 Å². The molecule has 1 atom stereocenters. The number of anilines is 1. The minimum absolute atomic E-state index is 0.0736. The number of carbonyl (C=O) groups excluding carboxylic acids is 1. The number of rotatable bonds is 3. The fraction of sp³-hybridized carbons (Fsp3) is 0.385. The van der Waals surface area contributed by atoms with Crippen LogP contribution in [0.5, 0.6) is 0 Å². The van der Waals surface area contributed by atoms with Crippen molar-refractivity contribution in [1.82, 2.24) is 4.90 Å². The molecule has 2 amide bonds. The Bertz CT molecular complexity index is 555. The normalized spacial score (nSPS) is 18.4. The van der Waals surface area contributed by atoms with Crippen LogP contribution in [0.25, 0.3) is 0 Å². The number of ether oxygens (including phenoxy) is 1. The maximum atomic E-state index is 13.7. The molecule has 1 aromatic carbocycles. The molecule has 114 valence electrons. The Labute approximate surface area is 129 Å². The molecule has 0 aliphatic carbocycles.